The fourth-order valence-electron chi connectivity index (χ4n) is 7.87. The van der Waals surface area contributed by atoms with Gasteiger partial charge in [0.25, 0.3) is 10.0 Å². The molecule has 1 aliphatic rings. The number of benzene rings is 9. The average molecular weight is 693 g/mol. The van der Waals surface area contributed by atoms with Gasteiger partial charge in [0.1, 0.15) is 0 Å². The average Bonchev–Trinajstić information content (AvgIpc) is 3.19. The lowest BCUT2D eigenvalue weighted by atomic mass is 9.95. The maximum atomic E-state index is 7.78. The molecular weight excluding hydrogens is 661 g/mol. The topological polar surface area (TPSA) is 27.7 Å². The van der Waals surface area contributed by atoms with Crippen LogP contribution < -0.4 is 20.7 Å². The van der Waals surface area contributed by atoms with E-state index >= 15 is 0 Å². The maximum absolute atomic E-state index is 7.78. The van der Waals surface area contributed by atoms with Crippen molar-refractivity contribution in [1.82, 2.24) is 0 Å². The summed E-state index contributed by atoms with van der Waals surface area (Å²) in [6, 6.07) is 65.6. The molecule has 0 spiro atoms. The lowest BCUT2D eigenvalue weighted by molar-refractivity contribution is 0.293. The van der Waals surface area contributed by atoms with Gasteiger partial charge in [-0.1, -0.05) is 146 Å². The minimum Gasteiger partial charge on any atom is -0.413 e. The molecule has 6 heteroatoms. The van der Waals surface area contributed by atoms with Crippen LogP contribution in [0, 0.1) is 0 Å². The van der Waals surface area contributed by atoms with Crippen LogP contribution in [0.25, 0.3) is 53.9 Å². The first-order valence-corrected chi connectivity index (χ1v) is 21.9. The second-order valence-electron chi connectivity index (χ2n) is 13.1. The molecule has 0 saturated carbocycles. The zero-order chi connectivity index (χ0) is 33.1. The lowest BCUT2D eigenvalue weighted by Gasteiger charge is -2.46. The summed E-state index contributed by atoms with van der Waals surface area (Å²) >= 11 is 0. The van der Waals surface area contributed by atoms with Gasteiger partial charge in [0.15, 0.2) is 0 Å². The molecule has 0 amide bonds. The van der Waals surface area contributed by atoms with Crippen molar-refractivity contribution in [1.29, 1.82) is 0 Å². The highest BCUT2D eigenvalue weighted by molar-refractivity contribution is 7.08. The molecule has 1 fully saturated rings. The molecule has 10 rings (SSSR count). The van der Waals surface area contributed by atoms with Gasteiger partial charge in [0, 0.05) is 5.19 Å². The summed E-state index contributed by atoms with van der Waals surface area (Å²) in [7, 11) is -7.96. The van der Waals surface area contributed by atoms with E-state index < -0.39 is 27.1 Å². The SMILES string of the molecule is c1ccc([Si]2(c3ccccc3)O[SiH2]O[Si](c3ccccc3)(c3cccc4cc5ccc6cc7cc8ccccc8cc7cc6c5cc34)O2)cc1. The van der Waals surface area contributed by atoms with Gasteiger partial charge >= 0.3 is 17.1 Å². The van der Waals surface area contributed by atoms with Crippen molar-refractivity contribution in [3.63, 3.8) is 0 Å². The molecule has 1 atom stereocenters. The summed E-state index contributed by atoms with van der Waals surface area (Å²) in [5, 5.41) is 16.7. The number of fused-ring (bicyclic) bond motifs is 6. The summed E-state index contributed by atoms with van der Waals surface area (Å²) < 4.78 is 21.8. The zero-order valence-electron chi connectivity index (χ0n) is 27.3. The number of hydrogen-bond donors (Lipinski definition) is 0. The van der Waals surface area contributed by atoms with Crippen molar-refractivity contribution < 1.29 is 12.3 Å². The lowest BCUT2D eigenvalue weighted by Crippen LogP contribution is -2.79. The number of hydrogen-bond acceptors (Lipinski definition) is 3. The van der Waals surface area contributed by atoms with Crippen LogP contribution in [0.2, 0.25) is 0 Å². The number of rotatable bonds is 4. The molecule has 9 aromatic rings. The molecule has 238 valence electrons. The maximum Gasteiger partial charge on any atom is 0.390 e. The van der Waals surface area contributed by atoms with Gasteiger partial charge in [-0.05, 0) is 106 Å². The first-order chi connectivity index (χ1) is 24.7. The molecule has 1 unspecified atom stereocenters. The van der Waals surface area contributed by atoms with Gasteiger partial charge in [-0.2, -0.15) is 0 Å². The third-order valence-corrected chi connectivity index (χ3v) is 21.2. The summed E-state index contributed by atoms with van der Waals surface area (Å²) in [4.78, 5) is 0. The molecule has 0 aromatic heterocycles. The van der Waals surface area contributed by atoms with Crippen LogP contribution in [-0.2, 0) is 12.3 Å². The molecular formula is C44H32O3Si3. The van der Waals surface area contributed by atoms with E-state index in [1.807, 2.05) is 0 Å². The Kier molecular flexibility index (Phi) is 6.96. The first kappa shape index (κ1) is 29.7. The molecule has 3 nitrogen and oxygen atoms in total. The molecule has 0 radical (unpaired) electrons. The normalized spacial score (nSPS) is 18.0. The Labute approximate surface area is 294 Å². The molecule has 1 aliphatic heterocycles. The largest absolute Gasteiger partial charge is 0.413 e. The Morgan fingerprint density at radius 3 is 1.38 bits per heavy atom. The summed E-state index contributed by atoms with van der Waals surface area (Å²) in [6.45, 7) is 0. The van der Waals surface area contributed by atoms with Gasteiger partial charge in [-0.15, -0.1) is 0 Å². The Morgan fingerprint density at radius 1 is 0.320 bits per heavy atom. The smallest absolute Gasteiger partial charge is 0.390 e. The van der Waals surface area contributed by atoms with Crippen molar-refractivity contribution in [3.05, 3.63) is 182 Å². The van der Waals surface area contributed by atoms with Crippen LogP contribution in [0.4, 0.5) is 0 Å². The fourth-order valence-corrected chi connectivity index (χ4v) is 21.0. The van der Waals surface area contributed by atoms with E-state index in [1.165, 1.54) is 53.9 Å². The monoisotopic (exact) mass is 692 g/mol. The van der Waals surface area contributed by atoms with Crippen molar-refractivity contribution >= 4 is 102 Å². The van der Waals surface area contributed by atoms with Gasteiger partial charge in [0.2, 0.25) is 0 Å². The predicted molar refractivity (Wildman–Crippen MR) is 215 cm³/mol. The van der Waals surface area contributed by atoms with Crippen LogP contribution in [0.5, 0.6) is 0 Å². The fraction of sp³-hybridized carbons (Fsp3) is 0. The Morgan fingerprint density at radius 2 is 0.760 bits per heavy atom. The Balaban J connectivity index is 1.25. The second kappa shape index (κ2) is 11.7. The molecule has 1 heterocycles. The van der Waals surface area contributed by atoms with Gasteiger partial charge in [-0.3, -0.25) is 0 Å². The van der Waals surface area contributed by atoms with E-state index in [0.717, 1.165) is 20.7 Å². The summed E-state index contributed by atoms with van der Waals surface area (Å²) in [5.74, 6) is 0. The van der Waals surface area contributed by atoms with Crippen molar-refractivity contribution in [2.75, 3.05) is 0 Å². The van der Waals surface area contributed by atoms with E-state index in [1.54, 1.807) is 0 Å². The Hall–Kier alpha value is -5.19. The molecule has 9 aromatic carbocycles. The van der Waals surface area contributed by atoms with E-state index in [0.29, 0.717) is 0 Å². The Bertz CT molecular complexity index is 2680. The highest BCUT2D eigenvalue weighted by Crippen LogP contribution is 2.35. The van der Waals surface area contributed by atoms with Crippen molar-refractivity contribution in [2.24, 2.45) is 0 Å². The minimum atomic E-state index is -3.33. The van der Waals surface area contributed by atoms with E-state index in [2.05, 4.69) is 182 Å². The predicted octanol–water partition coefficient (Wildman–Crippen LogP) is 7.33. The minimum absolute atomic E-state index is 1.10. The molecule has 0 N–H and O–H groups in total. The van der Waals surface area contributed by atoms with Crippen LogP contribution >= 0.6 is 0 Å². The van der Waals surface area contributed by atoms with Crippen molar-refractivity contribution in [3.8, 4) is 0 Å². The second-order valence-corrected chi connectivity index (χ2v) is 21.2. The highest BCUT2D eigenvalue weighted by atomic mass is 28.5. The van der Waals surface area contributed by atoms with Crippen LogP contribution in [0.3, 0.4) is 0 Å². The van der Waals surface area contributed by atoms with Gasteiger partial charge in [-0.25, -0.2) is 0 Å². The third-order valence-electron chi connectivity index (χ3n) is 10.3. The van der Waals surface area contributed by atoms with E-state index in [-0.39, 0.29) is 0 Å². The summed E-state index contributed by atoms with van der Waals surface area (Å²) in [6.07, 6.45) is 0. The van der Waals surface area contributed by atoms with Crippen LogP contribution in [0.1, 0.15) is 0 Å². The third kappa shape index (κ3) is 4.65. The molecule has 0 bridgehead atoms. The van der Waals surface area contributed by atoms with Crippen molar-refractivity contribution in [2.45, 2.75) is 0 Å². The van der Waals surface area contributed by atoms with Crippen LogP contribution in [-0.4, -0.2) is 27.1 Å². The summed E-state index contributed by atoms with van der Waals surface area (Å²) in [5.41, 5.74) is 0. The van der Waals surface area contributed by atoms with E-state index in [9.17, 15) is 0 Å². The zero-order valence-corrected chi connectivity index (χ0v) is 30.7. The molecule has 0 aliphatic carbocycles. The van der Waals surface area contributed by atoms with Gasteiger partial charge in [0.05, 0.1) is 0 Å². The van der Waals surface area contributed by atoms with Gasteiger partial charge < -0.3 is 12.3 Å². The molecule has 50 heavy (non-hydrogen) atoms. The van der Waals surface area contributed by atoms with Crippen LogP contribution in [0.15, 0.2) is 182 Å². The quantitative estimate of drug-likeness (QED) is 0.110. The highest BCUT2D eigenvalue weighted by Gasteiger charge is 2.57. The first-order valence-electron chi connectivity index (χ1n) is 17.1. The molecule has 1 saturated heterocycles. The standard InChI is InChI=1S/C44H32O3Si3/c1-4-16-38(17-5-1)49(39-18-6-2-7-19-39)45-48-46-50(47-49,40-20-8-3-9-21-40)44-22-12-15-33-27-34-23-24-35-28-36-25-31-13-10-11-14-32(31)26-37(36)29-41(35)42(34)30-43(33)44/h1-30H,48H2. The van der Waals surface area contributed by atoms with E-state index in [4.69, 9.17) is 12.3 Å².